The molecule has 1 aliphatic heterocycles. The van der Waals surface area contributed by atoms with E-state index in [1.54, 1.807) is 11.3 Å². The topological polar surface area (TPSA) is 52.6 Å². The number of aliphatic imine (C=N–C) groups is 1. The van der Waals surface area contributed by atoms with Gasteiger partial charge in [0.1, 0.15) is 0 Å². The fourth-order valence-electron chi connectivity index (χ4n) is 3.26. The highest BCUT2D eigenvalue weighted by Gasteiger charge is 2.23. The molecule has 2 aromatic rings. The number of halogens is 1. The van der Waals surface area contributed by atoms with E-state index in [-0.39, 0.29) is 24.0 Å². The van der Waals surface area contributed by atoms with E-state index in [4.69, 9.17) is 0 Å². The van der Waals surface area contributed by atoms with Crippen LogP contribution in [0.15, 0.2) is 40.8 Å². The monoisotopic (exact) mass is 485 g/mol. The van der Waals surface area contributed by atoms with Gasteiger partial charge < -0.3 is 10.6 Å². The molecule has 1 unspecified atom stereocenters. The number of guanidine groups is 1. The molecule has 26 heavy (non-hydrogen) atoms. The second-order valence-electron chi connectivity index (χ2n) is 6.34. The molecule has 1 atom stereocenters. The van der Waals surface area contributed by atoms with Crippen LogP contribution in [0.2, 0.25) is 0 Å². The molecule has 1 aromatic heterocycles. The maximum atomic E-state index is 4.37. The minimum Gasteiger partial charge on any atom is -0.354 e. The highest BCUT2D eigenvalue weighted by Crippen LogP contribution is 2.24. The highest BCUT2D eigenvalue weighted by atomic mass is 127. The van der Waals surface area contributed by atoms with Crippen molar-refractivity contribution < 1.29 is 0 Å². The summed E-state index contributed by atoms with van der Waals surface area (Å²) in [5, 5.41) is 6.91. The second-order valence-corrected chi connectivity index (χ2v) is 7.28. The summed E-state index contributed by atoms with van der Waals surface area (Å²) in [7, 11) is 1.82. The second kappa shape index (κ2) is 10.8. The number of aryl methyl sites for hydroxylation is 1. The van der Waals surface area contributed by atoms with E-state index in [9.17, 15) is 0 Å². The summed E-state index contributed by atoms with van der Waals surface area (Å²) in [6.45, 7) is 6.00. The Balaban J connectivity index is 0.00000243. The normalized spacial score (nSPS) is 16.2. The molecule has 2 N–H and O–H groups in total. The van der Waals surface area contributed by atoms with Crippen molar-refractivity contribution >= 4 is 41.3 Å². The predicted octanol–water partition coefficient (Wildman–Crippen LogP) is 3.57. The molecule has 142 valence electrons. The first kappa shape index (κ1) is 21.1. The number of thiazole rings is 1. The van der Waals surface area contributed by atoms with Crippen molar-refractivity contribution in [1.82, 2.24) is 20.5 Å². The van der Waals surface area contributed by atoms with Gasteiger partial charge >= 0.3 is 0 Å². The van der Waals surface area contributed by atoms with Crippen molar-refractivity contribution in [1.29, 1.82) is 0 Å². The third kappa shape index (κ3) is 5.65. The molecule has 0 amide bonds. The van der Waals surface area contributed by atoms with E-state index < -0.39 is 0 Å². The molecule has 0 saturated carbocycles. The Labute approximate surface area is 177 Å². The average molecular weight is 485 g/mol. The number of benzene rings is 1. The fraction of sp³-hybridized carbons (Fsp3) is 0.474. The molecule has 1 saturated heterocycles. The third-order valence-electron chi connectivity index (χ3n) is 4.71. The lowest BCUT2D eigenvalue weighted by molar-refractivity contribution is 0.245. The van der Waals surface area contributed by atoms with E-state index in [2.05, 4.69) is 55.8 Å². The van der Waals surface area contributed by atoms with Gasteiger partial charge in [0.2, 0.25) is 0 Å². The van der Waals surface area contributed by atoms with Crippen LogP contribution < -0.4 is 10.6 Å². The van der Waals surface area contributed by atoms with Crippen LogP contribution in [-0.4, -0.2) is 42.5 Å². The van der Waals surface area contributed by atoms with Gasteiger partial charge in [0.05, 0.1) is 23.8 Å². The standard InChI is InChI=1S/C19H27N5S.HI/c1-15-18(25-14-23-15)13-22-19(20-2)21-12-17(24-10-6-7-11-24)16-8-4-3-5-9-16;/h3-5,8-9,14,17H,6-7,10-13H2,1-2H3,(H2,20,21,22);1H. The molecule has 5 nitrogen and oxygen atoms in total. The highest BCUT2D eigenvalue weighted by molar-refractivity contribution is 14.0. The zero-order chi connectivity index (χ0) is 17.5. The van der Waals surface area contributed by atoms with Gasteiger partial charge in [-0.2, -0.15) is 0 Å². The molecule has 2 heterocycles. The van der Waals surface area contributed by atoms with Crippen molar-refractivity contribution in [3.63, 3.8) is 0 Å². The summed E-state index contributed by atoms with van der Waals surface area (Å²) in [6.07, 6.45) is 2.59. The Hall–Kier alpha value is -1.19. The van der Waals surface area contributed by atoms with E-state index in [0.29, 0.717) is 6.04 Å². The number of hydrogen-bond acceptors (Lipinski definition) is 4. The predicted molar refractivity (Wildman–Crippen MR) is 120 cm³/mol. The maximum Gasteiger partial charge on any atom is 0.191 e. The number of nitrogens with zero attached hydrogens (tertiary/aromatic N) is 3. The van der Waals surface area contributed by atoms with Gasteiger partial charge in [-0.25, -0.2) is 4.98 Å². The Morgan fingerprint density at radius 3 is 2.58 bits per heavy atom. The Kier molecular flexibility index (Phi) is 8.80. The van der Waals surface area contributed by atoms with Crippen LogP contribution in [0.4, 0.5) is 0 Å². The van der Waals surface area contributed by atoms with Gasteiger partial charge in [0.25, 0.3) is 0 Å². The first-order valence-corrected chi connectivity index (χ1v) is 9.78. The van der Waals surface area contributed by atoms with Gasteiger partial charge in [-0.15, -0.1) is 35.3 Å². The van der Waals surface area contributed by atoms with Crippen molar-refractivity contribution in [2.24, 2.45) is 4.99 Å². The van der Waals surface area contributed by atoms with Crippen molar-refractivity contribution in [2.45, 2.75) is 32.4 Å². The number of rotatable bonds is 6. The molecule has 0 aliphatic carbocycles. The first-order chi connectivity index (χ1) is 12.3. The smallest absolute Gasteiger partial charge is 0.191 e. The Morgan fingerprint density at radius 1 is 1.23 bits per heavy atom. The SMILES string of the molecule is CN=C(NCc1scnc1C)NCC(c1ccccc1)N1CCCC1.I. The molecule has 7 heteroatoms. The molecule has 0 radical (unpaired) electrons. The Bertz CT molecular complexity index is 682. The van der Waals surface area contributed by atoms with Crippen LogP contribution in [-0.2, 0) is 6.54 Å². The van der Waals surface area contributed by atoms with Gasteiger partial charge in [-0.3, -0.25) is 9.89 Å². The molecule has 3 rings (SSSR count). The fourth-order valence-corrected chi connectivity index (χ4v) is 3.98. The minimum absolute atomic E-state index is 0. The zero-order valence-corrected chi connectivity index (χ0v) is 18.6. The van der Waals surface area contributed by atoms with Crippen LogP contribution in [0.5, 0.6) is 0 Å². The van der Waals surface area contributed by atoms with E-state index >= 15 is 0 Å². The van der Waals surface area contributed by atoms with Gasteiger partial charge in [0, 0.05) is 18.5 Å². The van der Waals surface area contributed by atoms with Crippen LogP contribution in [0.25, 0.3) is 0 Å². The lowest BCUT2D eigenvalue weighted by Crippen LogP contribution is -2.42. The molecule has 1 aromatic carbocycles. The van der Waals surface area contributed by atoms with Crippen molar-refractivity contribution in [3.8, 4) is 0 Å². The lowest BCUT2D eigenvalue weighted by atomic mass is 10.1. The summed E-state index contributed by atoms with van der Waals surface area (Å²) in [5.41, 5.74) is 4.35. The number of nitrogens with one attached hydrogen (secondary N) is 2. The number of hydrogen-bond donors (Lipinski definition) is 2. The maximum absolute atomic E-state index is 4.37. The van der Waals surface area contributed by atoms with E-state index in [1.165, 1.54) is 36.4 Å². The van der Waals surface area contributed by atoms with Crippen molar-refractivity contribution in [2.75, 3.05) is 26.7 Å². The van der Waals surface area contributed by atoms with E-state index in [0.717, 1.165) is 24.7 Å². The van der Waals surface area contributed by atoms with Crippen LogP contribution in [0, 0.1) is 6.92 Å². The number of aromatic nitrogens is 1. The molecule has 1 aliphatic rings. The quantitative estimate of drug-likeness (QED) is 0.373. The third-order valence-corrected chi connectivity index (χ3v) is 5.65. The van der Waals surface area contributed by atoms with Gasteiger partial charge in [-0.05, 0) is 38.4 Å². The zero-order valence-electron chi connectivity index (χ0n) is 15.4. The summed E-state index contributed by atoms with van der Waals surface area (Å²) in [5.74, 6) is 0.841. The molecule has 1 fully saturated rings. The largest absolute Gasteiger partial charge is 0.354 e. The number of likely N-dealkylation sites (tertiary alicyclic amines) is 1. The van der Waals surface area contributed by atoms with Gasteiger partial charge in [-0.1, -0.05) is 30.3 Å². The van der Waals surface area contributed by atoms with Gasteiger partial charge in [0.15, 0.2) is 5.96 Å². The first-order valence-electron chi connectivity index (χ1n) is 8.90. The molecule has 0 bridgehead atoms. The summed E-state index contributed by atoms with van der Waals surface area (Å²) in [4.78, 5) is 12.5. The van der Waals surface area contributed by atoms with Crippen LogP contribution >= 0.6 is 35.3 Å². The minimum atomic E-state index is 0. The summed E-state index contributed by atoms with van der Waals surface area (Å²) >= 11 is 1.68. The summed E-state index contributed by atoms with van der Waals surface area (Å²) in [6, 6.07) is 11.2. The molecule has 0 spiro atoms. The van der Waals surface area contributed by atoms with E-state index in [1.807, 2.05) is 19.5 Å². The van der Waals surface area contributed by atoms with Crippen LogP contribution in [0.1, 0.15) is 35.0 Å². The summed E-state index contributed by atoms with van der Waals surface area (Å²) < 4.78 is 0. The molecular weight excluding hydrogens is 457 g/mol. The van der Waals surface area contributed by atoms with Crippen LogP contribution in [0.3, 0.4) is 0 Å². The molecular formula is C19H28IN5S. The Morgan fingerprint density at radius 2 is 1.96 bits per heavy atom. The van der Waals surface area contributed by atoms with Crippen molar-refractivity contribution in [3.05, 3.63) is 52.0 Å². The average Bonchev–Trinajstić information content (AvgIpc) is 3.31. The lowest BCUT2D eigenvalue weighted by Gasteiger charge is -2.29.